The third-order valence-corrected chi connectivity index (χ3v) is 7.33. The van der Waals surface area contributed by atoms with Crippen molar-refractivity contribution in [1.29, 1.82) is 0 Å². The summed E-state index contributed by atoms with van der Waals surface area (Å²) in [4.78, 5) is 15.7. The Hall–Kier alpha value is -3.29. The number of halogens is 1. The Morgan fingerprint density at radius 1 is 0.875 bits per heavy atom. The predicted octanol–water partition coefficient (Wildman–Crippen LogP) is 4.68. The lowest BCUT2D eigenvalue weighted by molar-refractivity contribution is 0.399. The molecule has 0 aliphatic carbocycles. The molecule has 32 heavy (non-hydrogen) atoms. The number of nitrogens with one attached hydrogen (secondary N) is 1. The summed E-state index contributed by atoms with van der Waals surface area (Å²) >= 11 is 0. The van der Waals surface area contributed by atoms with Gasteiger partial charge in [0.25, 0.3) is 5.56 Å². The molecule has 0 bridgehead atoms. The molecule has 4 aromatic rings. The van der Waals surface area contributed by atoms with E-state index in [2.05, 4.69) is 4.98 Å². The zero-order valence-electron chi connectivity index (χ0n) is 17.8. The van der Waals surface area contributed by atoms with Gasteiger partial charge >= 0.3 is 0 Å². The van der Waals surface area contributed by atoms with Crippen molar-refractivity contribution in [3.8, 4) is 0 Å². The summed E-state index contributed by atoms with van der Waals surface area (Å²) < 4.78 is 41.5. The molecule has 7 heteroatoms. The van der Waals surface area contributed by atoms with Gasteiger partial charge in [-0.15, -0.1) is 0 Å². The van der Waals surface area contributed by atoms with Gasteiger partial charge < -0.3 is 4.98 Å². The van der Waals surface area contributed by atoms with Crippen LogP contribution in [0.5, 0.6) is 0 Å². The minimum Gasteiger partial charge on any atom is -0.321 e. The SMILES string of the molecule is Cc1ccc(C)c2[nH]c(=O)c(CN(Cc3ccccc3)S(=O)(=O)c3ccc(F)cc3)cc12. The Balaban J connectivity index is 1.80. The van der Waals surface area contributed by atoms with E-state index in [1.54, 1.807) is 6.07 Å². The van der Waals surface area contributed by atoms with Gasteiger partial charge in [-0.2, -0.15) is 4.31 Å². The maximum atomic E-state index is 13.4. The molecule has 3 aromatic carbocycles. The van der Waals surface area contributed by atoms with Crippen molar-refractivity contribution in [1.82, 2.24) is 9.29 Å². The summed E-state index contributed by atoms with van der Waals surface area (Å²) in [5, 5.41) is 0.874. The van der Waals surface area contributed by atoms with Gasteiger partial charge in [-0.3, -0.25) is 4.79 Å². The number of fused-ring (bicyclic) bond motifs is 1. The highest BCUT2D eigenvalue weighted by Crippen LogP contribution is 2.24. The number of hydrogen-bond acceptors (Lipinski definition) is 3. The molecule has 164 valence electrons. The number of aromatic nitrogens is 1. The molecule has 0 atom stereocenters. The number of pyridine rings is 1. The van der Waals surface area contributed by atoms with Crippen molar-refractivity contribution in [2.24, 2.45) is 0 Å². The molecule has 5 nitrogen and oxygen atoms in total. The van der Waals surface area contributed by atoms with Crippen molar-refractivity contribution >= 4 is 20.9 Å². The lowest BCUT2D eigenvalue weighted by atomic mass is 10.0. The molecule has 1 N–H and O–H groups in total. The molecule has 0 unspecified atom stereocenters. The molecule has 1 heterocycles. The Kier molecular flexibility index (Phi) is 5.95. The van der Waals surface area contributed by atoms with Gasteiger partial charge in [-0.1, -0.05) is 42.5 Å². The number of sulfonamides is 1. The number of aromatic amines is 1. The van der Waals surface area contributed by atoms with E-state index < -0.39 is 15.8 Å². The van der Waals surface area contributed by atoms with Crippen molar-refractivity contribution in [2.45, 2.75) is 31.8 Å². The van der Waals surface area contributed by atoms with Crippen LogP contribution in [-0.2, 0) is 23.1 Å². The van der Waals surface area contributed by atoms with Crippen LogP contribution in [0.15, 0.2) is 82.5 Å². The fourth-order valence-electron chi connectivity index (χ4n) is 3.69. The van der Waals surface area contributed by atoms with E-state index in [1.165, 1.54) is 16.4 Å². The van der Waals surface area contributed by atoms with Crippen LogP contribution < -0.4 is 5.56 Å². The van der Waals surface area contributed by atoms with Crippen LogP contribution in [0.4, 0.5) is 4.39 Å². The standard InChI is InChI=1S/C25H23FN2O3S/c1-17-8-9-18(2)24-23(17)14-20(25(29)27-24)16-28(15-19-6-4-3-5-7-19)32(30,31)22-12-10-21(26)11-13-22/h3-14H,15-16H2,1-2H3,(H,27,29). The molecule has 0 saturated carbocycles. The minimum atomic E-state index is -3.99. The smallest absolute Gasteiger partial charge is 0.252 e. The average molecular weight is 451 g/mol. The van der Waals surface area contributed by atoms with E-state index in [1.807, 2.05) is 56.3 Å². The number of aryl methyl sites for hydroxylation is 2. The third kappa shape index (κ3) is 4.35. The number of nitrogens with zero attached hydrogens (tertiary/aromatic N) is 1. The van der Waals surface area contributed by atoms with Crippen molar-refractivity contribution in [3.05, 3.63) is 111 Å². The highest BCUT2D eigenvalue weighted by molar-refractivity contribution is 7.89. The van der Waals surface area contributed by atoms with Crippen LogP contribution in [0.1, 0.15) is 22.3 Å². The normalized spacial score (nSPS) is 11.9. The molecular formula is C25H23FN2O3S. The average Bonchev–Trinajstić information content (AvgIpc) is 2.78. The van der Waals surface area contributed by atoms with Crippen molar-refractivity contribution < 1.29 is 12.8 Å². The van der Waals surface area contributed by atoms with Gasteiger partial charge in [-0.25, -0.2) is 12.8 Å². The van der Waals surface area contributed by atoms with Crippen LogP contribution in [-0.4, -0.2) is 17.7 Å². The van der Waals surface area contributed by atoms with Crippen molar-refractivity contribution in [3.63, 3.8) is 0 Å². The van der Waals surface area contributed by atoms with E-state index in [9.17, 15) is 17.6 Å². The molecule has 0 aliphatic rings. The number of rotatable bonds is 6. The summed E-state index contributed by atoms with van der Waals surface area (Å²) in [5.74, 6) is -0.518. The van der Waals surface area contributed by atoms with Gasteiger partial charge in [-0.05, 0) is 60.9 Å². The van der Waals surface area contributed by atoms with Crippen LogP contribution >= 0.6 is 0 Å². The maximum absolute atomic E-state index is 13.4. The second kappa shape index (κ2) is 8.68. The highest BCUT2D eigenvalue weighted by Gasteiger charge is 2.26. The number of benzene rings is 3. The van der Waals surface area contributed by atoms with Gasteiger partial charge in [0.15, 0.2) is 0 Å². The monoisotopic (exact) mass is 450 g/mol. The zero-order valence-corrected chi connectivity index (χ0v) is 18.6. The fourth-order valence-corrected chi connectivity index (χ4v) is 5.10. The molecule has 4 rings (SSSR count). The molecule has 0 aliphatic heterocycles. The van der Waals surface area contributed by atoms with E-state index in [4.69, 9.17) is 0 Å². The van der Waals surface area contributed by atoms with Gasteiger partial charge in [0.05, 0.1) is 10.4 Å². The third-order valence-electron chi connectivity index (χ3n) is 5.52. The Labute approximate surface area is 186 Å². The lowest BCUT2D eigenvalue weighted by Crippen LogP contribution is -2.32. The predicted molar refractivity (Wildman–Crippen MR) is 123 cm³/mol. The largest absolute Gasteiger partial charge is 0.321 e. The minimum absolute atomic E-state index is 0.0286. The molecule has 0 amide bonds. The van der Waals surface area contributed by atoms with Crippen LogP contribution in [0.2, 0.25) is 0 Å². The molecule has 0 saturated heterocycles. The van der Waals surface area contributed by atoms with Crippen LogP contribution in [0, 0.1) is 19.7 Å². The Morgan fingerprint density at radius 3 is 2.22 bits per heavy atom. The van der Waals surface area contributed by atoms with Gasteiger partial charge in [0.1, 0.15) is 5.82 Å². The summed E-state index contributed by atoms with van der Waals surface area (Å²) in [6, 6.07) is 19.5. The highest BCUT2D eigenvalue weighted by atomic mass is 32.2. The zero-order chi connectivity index (χ0) is 22.9. The molecular weight excluding hydrogens is 427 g/mol. The molecule has 0 fully saturated rings. The molecule has 0 radical (unpaired) electrons. The summed E-state index contributed by atoms with van der Waals surface area (Å²) in [7, 11) is -3.99. The first-order valence-corrected chi connectivity index (χ1v) is 11.6. The van der Waals surface area contributed by atoms with Crippen molar-refractivity contribution in [2.75, 3.05) is 0 Å². The maximum Gasteiger partial charge on any atom is 0.252 e. The summed E-state index contributed by atoms with van der Waals surface area (Å²) in [6.45, 7) is 3.82. The second-order valence-corrected chi connectivity index (χ2v) is 9.76. The Bertz CT molecular complexity index is 1430. The second-order valence-electron chi connectivity index (χ2n) is 7.82. The van der Waals surface area contributed by atoms with E-state index in [0.717, 1.165) is 39.7 Å². The number of hydrogen-bond donors (Lipinski definition) is 1. The van der Waals surface area contributed by atoms with Crippen LogP contribution in [0.25, 0.3) is 10.9 Å². The molecule has 0 spiro atoms. The quantitative estimate of drug-likeness (QED) is 0.464. The van der Waals surface area contributed by atoms with Crippen LogP contribution in [0.3, 0.4) is 0 Å². The summed E-state index contributed by atoms with van der Waals surface area (Å²) in [6.07, 6.45) is 0. The summed E-state index contributed by atoms with van der Waals surface area (Å²) in [5.41, 5.74) is 3.46. The fraction of sp³-hybridized carbons (Fsp3) is 0.160. The van der Waals surface area contributed by atoms with E-state index in [0.29, 0.717) is 5.56 Å². The molecule has 1 aromatic heterocycles. The topological polar surface area (TPSA) is 70.2 Å². The van der Waals surface area contributed by atoms with E-state index in [-0.39, 0.29) is 23.5 Å². The van der Waals surface area contributed by atoms with Gasteiger partial charge in [0, 0.05) is 24.0 Å². The van der Waals surface area contributed by atoms with Gasteiger partial charge in [0.2, 0.25) is 10.0 Å². The Morgan fingerprint density at radius 2 is 1.53 bits per heavy atom. The number of H-pyrrole nitrogens is 1. The first-order chi connectivity index (χ1) is 15.3. The lowest BCUT2D eigenvalue weighted by Gasteiger charge is -2.22. The first kappa shape index (κ1) is 21.9. The van der Waals surface area contributed by atoms with E-state index >= 15 is 0 Å². The first-order valence-electron chi connectivity index (χ1n) is 10.2.